The zero-order chi connectivity index (χ0) is 15.1. The average Bonchev–Trinajstić information content (AvgIpc) is 2.26. The minimum atomic E-state index is -3.52. The molecule has 0 aliphatic rings. The van der Waals surface area contributed by atoms with Crippen LogP contribution in [0, 0.1) is 0 Å². The molecule has 0 spiro atoms. The lowest BCUT2D eigenvalue weighted by atomic mass is 10.8. The second-order valence-corrected chi connectivity index (χ2v) is 9.30. The molecule has 0 aliphatic carbocycles. The van der Waals surface area contributed by atoms with Crippen LogP contribution in [0.15, 0.2) is 0 Å². The first kappa shape index (κ1) is 19.8. The third-order valence-corrected chi connectivity index (χ3v) is 5.48. The van der Waals surface area contributed by atoms with Gasteiger partial charge in [0.2, 0.25) is 3.79 Å². The summed E-state index contributed by atoms with van der Waals surface area (Å²) in [4.78, 5) is 11.4. The summed E-state index contributed by atoms with van der Waals surface area (Å²) in [7, 11) is -3.52. The average molecular weight is 421 g/mol. The van der Waals surface area contributed by atoms with Crippen LogP contribution in [0.5, 0.6) is 0 Å². The van der Waals surface area contributed by atoms with E-state index in [4.69, 9.17) is 43.9 Å². The molecule has 1 amide bonds. The molecule has 0 aromatic rings. The second-order valence-electron chi connectivity index (χ2n) is 3.05. The standard InChI is InChI=1S/C8H14BrCl3NO5P/c1-3-17-19(15,18-4-2)6(9)13-7(14)16-5-8(10,11)12/h6H,3-5H2,1-2H3,(H,13,14)/t6-/m1/s1. The highest BCUT2D eigenvalue weighted by molar-refractivity contribution is 9.10. The maximum absolute atomic E-state index is 12.2. The molecule has 0 heterocycles. The highest BCUT2D eigenvalue weighted by Crippen LogP contribution is 2.54. The van der Waals surface area contributed by atoms with Crippen molar-refractivity contribution >= 4 is 64.4 Å². The summed E-state index contributed by atoms with van der Waals surface area (Å²) in [6, 6.07) is 0. The first-order chi connectivity index (χ1) is 8.64. The van der Waals surface area contributed by atoms with Crippen molar-refractivity contribution in [2.45, 2.75) is 22.3 Å². The second kappa shape index (κ2) is 8.93. The fourth-order valence-corrected chi connectivity index (χ4v) is 3.27. The Kier molecular flexibility index (Phi) is 9.29. The van der Waals surface area contributed by atoms with Gasteiger partial charge in [-0.25, -0.2) is 4.79 Å². The SMILES string of the molecule is CCOP(=O)(OCC)[C@H](Br)NC(=O)OCC(Cl)(Cl)Cl. The Bertz CT molecular complexity index is 331. The van der Waals surface area contributed by atoms with Gasteiger partial charge in [-0.3, -0.25) is 9.88 Å². The van der Waals surface area contributed by atoms with E-state index in [0.29, 0.717) is 0 Å². The van der Waals surface area contributed by atoms with Crippen LogP contribution < -0.4 is 5.32 Å². The molecule has 0 saturated carbocycles. The molecule has 0 aromatic carbocycles. The summed E-state index contributed by atoms with van der Waals surface area (Å²) in [5, 5.41) is 2.23. The number of nitrogens with one attached hydrogen (secondary N) is 1. The Balaban J connectivity index is 4.43. The van der Waals surface area contributed by atoms with E-state index in [1.165, 1.54) is 0 Å². The van der Waals surface area contributed by atoms with Crippen LogP contribution in [0.25, 0.3) is 0 Å². The van der Waals surface area contributed by atoms with Crippen molar-refractivity contribution in [3.8, 4) is 0 Å². The molecule has 1 N–H and O–H groups in total. The van der Waals surface area contributed by atoms with Crippen molar-refractivity contribution in [1.29, 1.82) is 0 Å². The molecule has 114 valence electrons. The topological polar surface area (TPSA) is 73.9 Å². The van der Waals surface area contributed by atoms with Gasteiger partial charge in [0.05, 0.1) is 13.2 Å². The van der Waals surface area contributed by atoms with E-state index in [1.807, 2.05) is 0 Å². The molecule has 0 unspecified atom stereocenters. The van der Waals surface area contributed by atoms with Gasteiger partial charge in [0.25, 0.3) is 0 Å². The molecule has 6 nitrogen and oxygen atoms in total. The third kappa shape index (κ3) is 8.60. The Morgan fingerprint density at radius 2 is 1.79 bits per heavy atom. The van der Waals surface area contributed by atoms with E-state index < -0.39 is 28.8 Å². The number of hydrogen-bond donors (Lipinski definition) is 1. The monoisotopic (exact) mass is 419 g/mol. The number of carbonyl (C=O) groups excluding carboxylic acids is 1. The van der Waals surface area contributed by atoms with Gasteiger partial charge in [0.15, 0.2) is 4.69 Å². The largest absolute Gasteiger partial charge is 0.445 e. The lowest BCUT2D eigenvalue weighted by Crippen LogP contribution is -2.34. The Morgan fingerprint density at radius 3 is 2.16 bits per heavy atom. The smallest absolute Gasteiger partial charge is 0.408 e. The van der Waals surface area contributed by atoms with Crippen LogP contribution in [0.4, 0.5) is 4.79 Å². The van der Waals surface area contributed by atoms with Gasteiger partial charge in [-0.15, -0.1) is 0 Å². The molecule has 1 atom stereocenters. The molecule has 0 bridgehead atoms. The van der Waals surface area contributed by atoms with Gasteiger partial charge in [0, 0.05) is 0 Å². The van der Waals surface area contributed by atoms with Crippen LogP contribution in [-0.2, 0) is 18.3 Å². The fourth-order valence-electron chi connectivity index (χ4n) is 0.893. The summed E-state index contributed by atoms with van der Waals surface area (Å²) in [6.07, 6.45) is -0.923. The van der Waals surface area contributed by atoms with Crippen LogP contribution in [0.2, 0.25) is 0 Å². The number of rotatable bonds is 7. The summed E-state index contributed by atoms with van der Waals surface area (Å²) in [6.45, 7) is 3.16. The van der Waals surface area contributed by atoms with E-state index in [-0.39, 0.29) is 13.2 Å². The lowest BCUT2D eigenvalue weighted by Gasteiger charge is -2.22. The zero-order valence-electron chi connectivity index (χ0n) is 10.2. The molecule has 0 radical (unpaired) electrons. The predicted octanol–water partition coefficient (Wildman–Crippen LogP) is 4.03. The van der Waals surface area contributed by atoms with Crippen molar-refractivity contribution in [1.82, 2.24) is 5.32 Å². The van der Waals surface area contributed by atoms with E-state index in [1.54, 1.807) is 13.8 Å². The number of halogens is 4. The van der Waals surface area contributed by atoms with Crippen molar-refractivity contribution < 1.29 is 23.1 Å². The number of carbonyl (C=O) groups is 1. The highest BCUT2D eigenvalue weighted by Gasteiger charge is 2.35. The number of alkyl carbamates (subject to hydrolysis) is 1. The highest BCUT2D eigenvalue weighted by atomic mass is 79.9. The van der Waals surface area contributed by atoms with Gasteiger partial charge >= 0.3 is 13.7 Å². The molecular formula is C8H14BrCl3NO5P. The van der Waals surface area contributed by atoms with Crippen LogP contribution >= 0.6 is 58.3 Å². The maximum Gasteiger partial charge on any atom is 0.408 e. The predicted molar refractivity (Wildman–Crippen MR) is 78.3 cm³/mol. The summed E-state index contributed by atoms with van der Waals surface area (Å²) in [5.41, 5.74) is 0. The van der Waals surface area contributed by atoms with Crippen molar-refractivity contribution in [2.24, 2.45) is 0 Å². The normalized spacial score (nSPS) is 14.0. The Labute approximate surface area is 135 Å². The first-order valence-corrected chi connectivity index (χ1v) is 8.83. The molecular weight excluding hydrogens is 407 g/mol. The minimum absolute atomic E-state index is 0.157. The molecule has 0 aromatic heterocycles. The molecule has 19 heavy (non-hydrogen) atoms. The van der Waals surface area contributed by atoms with Gasteiger partial charge < -0.3 is 13.8 Å². The Hall–Kier alpha value is 0.770. The van der Waals surface area contributed by atoms with Crippen LogP contribution in [0.3, 0.4) is 0 Å². The number of alkyl halides is 4. The number of hydrogen-bond acceptors (Lipinski definition) is 5. The summed E-state index contributed by atoms with van der Waals surface area (Å²) < 4.78 is 24.1. The molecule has 0 saturated heterocycles. The lowest BCUT2D eigenvalue weighted by molar-refractivity contribution is 0.146. The van der Waals surface area contributed by atoms with Gasteiger partial charge in [-0.2, -0.15) is 0 Å². The first-order valence-electron chi connectivity index (χ1n) is 5.17. The van der Waals surface area contributed by atoms with E-state index >= 15 is 0 Å². The number of amides is 1. The van der Waals surface area contributed by atoms with Crippen molar-refractivity contribution in [3.63, 3.8) is 0 Å². The maximum atomic E-state index is 12.2. The van der Waals surface area contributed by atoms with Crippen LogP contribution in [-0.4, -0.2) is 34.4 Å². The van der Waals surface area contributed by atoms with E-state index in [0.717, 1.165) is 0 Å². The van der Waals surface area contributed by atoms with Crippen LogP contribution in [0.1, 0.15) is 13.8 Å². The van der Waals surface area contributed by atoms with Gasteiger partial charge in [-0.05, 0) is 13.8 Å². The molecule has 0 fully saturated rings. The summed E-state index contributed by atoms with van der Waals surface area (Å²) in [5.74, 6) is 0. The quantitative estimate of drug-likeness (QED) is 0.382. The molecule has 0 rings (SSSR count). The van der Waals surface area contributed by atoms with Crippen molar-refractivity contribution in [3.05, 3.63) is 0 Å². The third-order valence-electron chi connectivity index (χ3n) is 1.50. The Morgan fingerprint density at radius 1 is 1.32 bits per heavy atom. The summed E-state index contributed by atoms with van der Waals surface area (Å²) >= 11 is 19.2. The van der Waals surface area contributed by atoms with E-state index in [2.05, 4.69) is 26.0 Å². The van der Waals surface area contributed by atoms with Gasteiger partial charge in [-0.1, -0.05) is 50.7 Å². The fraction of sp³-hybridized carbons (Fsp3) is 0.875. The van der Waals surface area contributed by atoms with Gasteiger partial charge in [0.1, 0.15) is 6.61 Å². The van der Waals surface area contributed by atoms with Crippen molar-refractivity contribution in [2.75, 3.05) is 19.8 Å². The number of ether oxygens (including phenoxy) is 1. The molecule has 0 aliphatic heterocycles. The van der Waals surface area contributed by atoms with E-state index in [9.17, 15) is 9.36 Å². The zero-order valence-corrected chi connectivity index (χ0v) is 14.9. The molecule has 11 heteroatoms. The minimum Gasteiger partial charge on any atom is -0.445 e.